The monoisotopic (exact) mass is 412 g/mol. The minimum absolute atomic E-state index is 0.0170. The van der Waals surface area contributed by atoms with E-state index >= 15 is 0 Å². The maximum atomic E-state index is 14.5. The van der Waals surface area contributed by atoms with Gasteiger partial charge in [-0.3, -0.25) is 14.5 Å². The highest BCUT2D eigenvalue weighted by Crippen LogP contribution is 2.46. The topological polar surface area (TPSA) is 87.5 Å². The number of benzene rings is 1. The predicted octanol–water partition coefficient (Wildman–Crippen LogP) is 2.16. The van der Waals surface area contributed by atoms with Crippen molar-refractivity contribution in [2.45, 2.75) is 38.1 Å². The highest BCUT2D eigenvalue weighted by atomic mass is 19.1. The largest absolute Gasteiger partial charge is 0.384 e. The van der Waals surface area contributed by atoms with Crippen LogP contribution in [-0.2, 0) is 9.59 Å². The fourth-order valence-corrected chi connectivity index (χ4v) is 5.28. The number of fused-ring (bicyclic) bond motifs is 1. The first-order chi connectivity index (χ1) is 14.4. The van der Waals surface area contributed by atoms with Crippen molar-refractivity contribution in [2.24, 2.45) is 17.6 Å². The van der Waals surface area contributed by atoms with Gasteiger partial charge in [0.15, 0.2) is 0 Å². The number of primary amides is 1. The van der Waals surface area contributed by atoms with Gasteiger partial charge in [0.2, 0.25) is 11.8 Å². The van der Waals surface area contributed by atoms with Crippen LogP contribution in [0.25, 0.3) is 0 Å². The summed E-state index contributed by atoms with van der Waals surface area (Å²) in [6, 6.07) is 9.91. The molecule has 0 radical (unpaired) electrons. The molecule has 2 aliphatic heterocycles. The summed E-state index contributed by atoms with van der Waals surface area (Å²) in [7, 11) is 0. The molecule has 2 heterocycles. The Morgan fingerprint density at radius 1 is 1.37 bits per heavy atom. The van der Waals surface area contributed by atoms with Crippen molar-refractivity contribution in [1.29, 1.82) is 0 Å². The number of nitrogens with two attached hydrogens (primary N) is 1. The molecule has 2 fully saturated rings. The fourth-order valence-electron chi connectivity index (χ4n) is 5.28. The lowest BCUT2D eigenvalue weighted by Gasteiger charge is -2.46. The number of amides is 2. The van der Waals surface area contributed by atoms with E-state index in [9.17, 15) is 14.0 Å². The Balaban J connectivity index is 1.65. The van der Waals surface area contributed by atoms with Gasteiger partial charge in [-0.05, 0) is 44.4 Å². The normalized spacial score (nSPS) is 31.8. The number of hydrogen-bond acceptors (Lipinski definition) is 4. The number of halogens is 1. The second-order valence-corrected chi connectivity index (χ2v) is 8.57. The van der Waals surface area contributed by atoms with Crippen molar-refractivity contribution in [3.63, 3.8) is 0 Å². The summed E-state index contributed by atoms with van der Waals surface area (Å²) in [6.45, 7) is 5.45. The molecule has 1 aromatic carbocycles. The molecule has 4 atom stereocenters. The molecule has 1 aliphatic carbocycles. The smallest absolute Gasteiger partial charge is 0.245 e. The summed E-state index contributed by atoms with van der Waals surface area (Å²) in [5.74, 6) is -1.48. The maximum Gasteiger partial charge on any atom is 0.245 e. The summed E-state index contributed by atoms with van der Waals surface area (Å²) in [5, 5.41) is 6.15. The summed E-state index contributed by atoms with van der Waals surface area (Å²) in [5.41, 5.74) is 7.32. The van der Waals surface area contributed by atoms with E-state index in [1.807, 2.05) is 49.1 Å². The standard InChI is InChI=1S/C23H29FN4O2/c1-3-26-19-12-15(24)11-18-20(19)27-22(30)23(18,2)28-10-9-16(17(13-28)21(25)29)14-7-5-4-6-8-14/h4-8,12,16-18,26H,3,9-11,13H2,1-2H3,(H2,25,29)(H,27,30)/t16-,17-,18?,23+/m1/s1. The van der Waals surface area contributed by atoms with E-state index in [-0.39, 0.29) is 35.9 Å². The van der Waals surface area contributed by atoms with E-state index < -0.39 is 11.5 Å². The van der Waals surface area contributed by atoms with Crippen molar-refractivity contribution in [3.8, 4) is 0 Å². The molecule has 1 unspecified atom stereocenters. The van der Waals surface area contributed by atoms with E-state index in [0.29, 0.717) is 31.8 Å². The van der Waals surface area contributed by atoms with Crippen LogP contribution in [-0.4, -0.2) is 41.9 Å². The summed E-state index contributed by atoms with van der Waals surface area (Å²) >= 11 is 0. The minimum atomic E-state index is -0.934. The minimum Gasteiger partial charge on any atom is -0.384 e. The first-order valence-electron chi connectivity index (χ1n) is 10.6. The van der Waals surface area contributed by atoms with E-state index in [0.717, 1.165) is 11.3 Å². The highest BCUT2D eigenvalue weighted by Gasteiger charge is 2.56. The molecule has 2 amide bonds. The lowest BCUT2D eigenvalue weighted by Crippen LogP contribution is -2.60. The third-order valence-corrected chi connectivity index (χ3v) is 6.96. The molecule has 0 bridgehead atoms. The number of carbonyl (C=O) groups excluding carboxylic acids is 2. The van der Waals surface area contributed by atoms with Gasteiger partial charge in [-0.15, -0.1) is 0 Å². The van der Waals surface area contributed by atoms with Gasteiger partial charge in [0.25, 0.3) is 0 Å². The molecule has 2 saturated heterocycles. The first-order valence-corrected chi connectivity index (χ1v) is 10.6. The number of nitrogens with one attached hydrogen (secondary N) is 2. The Morgan fingerprint density at radius 3 is 2.77 bits per heavy atom. The van der Waals surface area contributed by atoms with Crippen LogP contribution in [0, 0.1) is 11.8 Å². The second-order valence-electron chi connectivity index (χ2n) is 8.57. The Hall–Kier alpha value is -2.67. The van der Waals surface area contributed by atoms with Crippen molar-refractivity contribution < 1.29 is 14.0 Å². The van der Waals surface area contributed by atoms with Gasteiger partial charge in [-0.25, -0.2) is 4.39 Å². The summed E-state index contributed by atoms with van der Waals surface area (Å²) in [4.78, 5) is 27.6. The maximum absolute atomic E-state index is 14.5. The molecule has 1 aromatic rings. The molecule has 30 heavy (non-hydrogen) atoms. The third kappa shape index (κ3) is 3.31. The SMILES string of the molecule is CCNC1=C2NC(=O)[C@@](C)(N3CC[C@H](c4ccccc4)[C@H](C(N)=O)C3)C2CC(F)=C1. The number of piperidine rings is 1. The Morgan fingerprint density at radius 2 is 2.10 bits per heavy atom. The van der Waals surface area contributed by atoms with Crippen LogP contribution in [0.15, 0.2) is 53.6 Å². The van der Waals surface area contributed by atoms with Crippen LogP contribution in [0.1, 0.15) is 38.2 Å². The van der Waals surface area contributed by atoms with Gasteiger partial charge in [-0.1, -0.05) is 30.3 Å². The van der Waals surface area contributed by atoms with Crippen LogP contribution >= 0.6 is 0 Å². The Bertz CT molecular complexity index is 913. The predicted molar refractivity (Wildman–Crippen MR) is 113 cm³/mol. The van der Waals surface area contributed by atoms with Crippen LogP contribution < -0.4 is 16.4 Å². The average Bonchev–Trinajstić information content (AvgIpc) is 3.00. The van der Waals surface area contributed by atoms with Crippen LogP contribution in [0.5, 0.6) is 0 Å². The van der Waals surface area contributed by atoms with Gasteiger partial charge in [0.05, 0.1) is 11.6 Å². The fraction of sp³-hybridized carbons (Fsp3) is 0.478. The van der Waals surface area contributed by atoms with Gasteiger partial charge < -0.3 is 16.4 Å². The molecule has 0 spiro atoms. The Labute approximate surface area is 176 Å². The Kier molecular flexibility index (Phi) is 5.40. The number of likely N-dealkylation sites (tertiary alicyclic amines) is 1. The van der Waals surface area contributed by atoms with Crippen LogP contribution in [0.4, 0.5) is 4.39 Å². The summed E-state index contributed by atoms with van der Waals surface area (Å²) in [6.07, 6.45) is 2.35. The summed E-state index contributed by atoms with van der Waals surface area (Å²) < 4.78 is 14.5. The lowest BCUT2D eigenvalue weighted by atomic mass is 9.74. The lowest BCUT2D eigenvalue weighted by molar-refractivity contribution is -0.135. The van der Waals surface area contributed by atoms with Gasteiger partial charge in [0, 0.05) is 31.1 Å². The molecule has 160 valence electrons. The second kappa shape index (κ2) is 7.87. The van der Waals surface area contributed by atoms with Gasteiger partial charge in [0.1, 0.15) is 11.4 Å². The molecule has 7 heteroatoms. The highest BCUT2D eigenvalue weighted by molar-refractivity contribution is 5.92. The molecule has 4 N–H and O–H groups in total. The van der Waals surface area contributed by atoms with Crippen LogP contribution in [0.3, 0.4) is 0 Å². The number of likely N-dealkylation sites (N-methyl/N-ethyl adjacent to an activating group) is 1. The zero-order valence-corrected chi connectivity index (χ0v) is 17.5. The molecule has 6 nitrogen and oxygen atoms in total. The van der Waals surface area contributed by atoms with Crippen molar-refractivity contribution >= 4 is 11.8 Å². The molecular weight excluding hydrogens is 383 g/mol. The quantitative estimate of drug-likeness (QED) is 0.692. The van der Waals surface area contributed by atoms with E-state index in [4.69, 9.17) is 5.73 Å². The molecule has 0 aromatic heterocycles. The number of hydrogen-bond donors (Lipinski definition) is 3. The molecule has 4 rings (SSSR count). The number of carbonyl (C=O) groups is 2. The van der Waals surface area contributed by atoms with Crippen LogP contribution in [0.2, 0.25) is 0 Å². The number of allylic oxidation sites excluding steroid dienone is 2. The van der Waals surface area contributed by atoms with Crippen molar-refractivity contribution in [3.05, 3.63) is 59.2 Å². The molecule has 3 aliphatic rings. The average molecular weight is 413 g/mol. The number of rotatable bonds is 5. The molecular formula is C23H29FN4O2. The van der Waals surface area contributed by atoms with Crippen molar-refractivity contribution in [2.75, 3.05) is 19.6 Å². The van der Waals surface area contributed by atoms with Gasteiger partial charge >= 0.3 is 0 Å². The third-order valence-electron chi connectivity index (χ3n) is 6.96. The van der Waals surface area contributed by atoms with E-state index in [1.54, 1.807) is 0 Å². The zero-order chi connectivity index (χ0) is 21.5. The zero-order valence-electron chi connectivity index (χ0n) is 17.5. The number of nitrogens with zero attached hydrogens (tertiary/aromatic N) is 1. The van der Waals surface area contributed by atoms with E-state index in [1.165, 1.54) is 6.08 Å². The van der Waals surface area contributed by atoms with Crippen molar-refractivity contribution in [1.82, 2.24) is 15.5 Å². The molecule has 0 saturated carbocycles. The van der Waals surface area contributed by atoms with Gasteiger partial charge in [-0.2, -0.15) is 0 Å². The first kappa shape index (κ1) is 20.6. The van der Waals surface area contributed by atoms with E-state index in [2.05, 4.69) is 10.6 Å².